The molecule has 0 aromatic carbocycles. The molecule has 2 rings (SSSR count). The average molecular weight is 266 g/mol. The number of rotatable bonds is 3. The van der Waals surface area contributed by atoms with E-state index in [1.165, 1.54) is 25.7 Å². The van der Waals surface area contributed by atoms with Crippen molar-refractivity contribution in [3.05, 3.63) is 0 Å². The van der Waals surface area contributed by atoms with Crippen molar-refractivity contribution in [1.29, 1.82) is 0 Å². The van der Waals surface area contributed by atoms with Crippen molar-refractivity contribution in [2.75, 3.05) is 19.6 Å². The largest absolute Gasteiger partial charge is 0.342 e. The summed E-state index contributed by atoms with van der Waals surface area (Å²) in [6.07, 6.45) is 8.26. The van der Waals surface area contributed by atoms with Gasteiger partial charge in [0.05, 0.1) is 0 Å². The number of nitrogens with two attached hydrogens (primary N) is 1. The van der Waals surface area contributed by atoms with Crippen LogP contribution in [0.25, 0.3) is 0 Å². The van der Waals surface area contributed by atoms with Crippen LogP contribution in [-0.2, 0) is 4.79 Å². The lowest BCUT2D eigenvalue weighted by Crippen LogP contribution is -2.47. The molecule has 2 fully saturated rings. The monoisotopic (exact) mass is 266 g/mol. The van der Waals surface area contributed by atoms with Crippen molar-refractivity contribution in [3.8, 4) is 0 Å². The second-order valence-corrected chi connectivity index (χ2v) is 7.16. The highest BCUT2D eigenvalue weighted by atomic mass is 16.2. The van der Waals surface area contributed by atoms with E-state index in [1.807, 2.05) is 0 Å². The van der Waals surface area contributed by atoms with Gasteiger partial charge in [-0.05, 0) is 50.0 Å². The zero-order valence-corrected chi connectivity index (χ0v) is 12.7. The van der Waals surface area contributed by atoms with Gasteiger partial charge in [0.1, 0.15) is 0 Å². The third-order valence-electron chi connectivity index (χ3n) is 5.21. The number of nitrogens with zero attached hydrogens (tertiary/aromatic N) is 1. The molecule has 3 nitrogen and oxygen atoms in total. The van der Waals surface area contributed by atoms with Crippen LogP contribution in [0.15, 0.2) is 0 Å². The van der Waals surface area contributed by atoms with Gasteiger partial charge in [0.15, 0.2) is 0 Å². The molecule has 3 heteroatoms. The predicted molar refractivity (Wildman–Crippen MR) is 78.7 cm³/mol. The molecular weight excluding hydrogens is 236 g/mol. The minimum absolute atomic E-state index is 0.191. The highest BCUT2D eigenvalue weighted by molar-refractivity contribution is 5.79. The smallest absolute Gasteiger partial charge is 0.226 e. The van der Waals surface area contributed by atoms with E-state index in [-0.39, 0.29) is 11.3 Å². The first kappa shape index (κ1) is 14.8. The Balaban J connectivity index is 1.98. The summed E-state index contributed by atoms with van der Waals surface area (Å²) in [5.41, 5.74) is 5.85. The lowest BCUT2D eigenvalue weighted by molar-refractivity contribution is -0.143. The Morgan fingerprint density at radius 1 is 1.26 bits per heavy atom. The number of likely N-dealkylation sites (tertiary alicyclic amines) is 1. The van der Waals surface area contributed by atoms with Crippen LogP contribution < -0.4 is 5.73 Å². The van der Waals surface area contributed by atoms with Crippen LogP contribution in [0, 0.1) is 17.3 Å². The normalized spacial score (nSPS) is 31.2. The fourth-order valence-corrected chi connectivity index (χ4v) is 3.91. The Labute approximate surface area is 117 Å². The summed E-state index contributed by atoms with van der Waals surface area (Å²) in [5.74, 6) is 1.30. The molecule has 19 heavy (non-hydrogen) atoms. The first-order valence-electron chi connectivity index (χ1n) is 8.03. The second-order valence-electron chi connectivity index (χ2n) is 7.16. The SMILES string of the molecule is CC1(C)CCCCC1C(=O)N1CCCC(CCN)C1. The van der Waals surface area contributed by atoms with Crippen molar-refractivity contribution in [2.24, 2.45) is 23.0 Å². The van der Waals surface area contributed by atoms with Crippen LogP contribution in [0.3, 0.4) is 0 Å². The Hall–Kier alpha value is -0.570. The van der Waals surface area contributed by atoms with E-state index in [4.69, 9.17) is 5.73 Å². The quantitative estimate of drug-likeness (QED) is 0.854. The van der Waals surface area contributed by atoms with Gasteiger partial charge in [0.2, 0.25) is 5.91 Å². The standard InChI is InChI=1S/C16H30N2O/c1-16(2)9-4-3-7-14(16)15(19)18-11-5-6-13(12-18)8-10-17/h13-14H,3-12,17H2,1-2H3. The summed E-state index contributed by atoms with van der Waals surface area (Å²) in [5, 5.41) is 0. The van der Waals surface area contributed by atoms with E-state index in [0.717, 1.165) is 38.9 Å². The van der Waals surface area contributed by atoms with E-state index in [9.17, 15) is 4.79 Å². The third-order valence-corrected chi connectivity index (χ3v) is 5.21. The molecule has 1 saturated carbocycles. The van der Waals surface area contributed by atoms with Gasteiger partial charge in [-0.25, -0.2) is 0 Å². The minimum Gasteiger partial charge on any atom is -0.342 e. The van der Waals surface area contributed by atoms with Crippen molar-refractivity contribution < 1.29 is 4.79 Å². The van der Waals surface area contributed by atoms with Crippen LogP contribution in [-0.4, -0.2) is 30.4 Å². The Kier molecular flexibility index (Phi) is 4.88. The van der Waals surface area contributed by atoms with E-state index < -0.39 is 0 Å². The molecule has 2 aliphatic rings. The van der Waals surface area contributed by atoms with E-state index in [0.29, 0.717) is 11.8 Å². The van der Waals surface area contributed by atoms with Crippen molar-refractivity contribution in [1.82, 2.24) is 4.90 Å². The number of amides is 1. The number of carbonyl (C=O) groups is 1. The van der Waals surface area contributed by atoms with E-state index in [1.54, 1.807) is 0 Å². The molecule has 1 aliphatic heterocycles. The van der Waals surface area contributed by atoms with Gasteiger partial charge < -0.3 is 10.6 Å². The van der Waals surface area contributed by atoms with Gasteiger partial charge in [-0.2, -0.15) is 0 Å². The van der Waals surface area contributed by atoms with Gasteiger partial charge in [0.25, 0.3) is 0 Å². The van der Waals surface area contributed by atoms with E-state index >= 15 is 0 Å². The van der Waals surface area contributed by atoms with Crippen LogP contribution in [0.4, 0.5) is 0 Å². The predicted octanol–water partition coefficient (Wildman–Crippen LogP) is 2.79. The third kappa shape index (κ3) is 3.50. The molecule has 1 heterocycles. The summed E-state index contributed by atoms with van der Waals surface area (Å²) in [4.78, 5) is 15.0. The van der Waals surface area contributed by atoms with Crippen LogP contribution in [0.5, 0.6) is 0 Å². The maximum atomic E-state index is 12.8. The molecule has 0 aromatic rings. The van der Waals surface area contributed by atoms with Crippen molar-refractivity contribution in [2.45, 2.75) is 58.8 Å². The number of carbonyl (C=O) groups excluding carboxylic acids is 1. The fourth-order valence-electron chi connectivity index (χ4n) is 3.91. The fraction of sp³-hybridized carbons (Fsp3) is 0.938. The molecule has 0 spiro atoms. The van der Waals surface area contributed by atoms with Crippen LogP contribution in [0.1, 0.15) is 58.8 Å². The summed E-state index contributed by atoms with van der Waals surface area (Å²) < 4.78 is 0. The Morgan fingerprint density at radius 3 is 2.74 bits per heavy atom. The highest BCUT2D eigenvalue weighted by Crippen LogP contribution is 2.41. The van der Waals surface area contributed by atoms with Gasteiger partial charge in [-0.15, -0.1) is 0 Å². The van der Waals surface area contributed by atoms with Gasteiger partial charge in [0, 0.05) is 19.0 Å². The molecule has 1 saturated heterocycles. The molecule has 2 atom stereocenters. The molecule has 2 unspecified atom stereocenters. The molecule has 110 valence electrons. The zero-order valence-electron chi connectivity index (χ0n) is 12.7. The molecule has 2 N–H and O–H groups in total. The Morgan fingerprint density at radius 2 is 2.05 bits per heavy atom. The summed E-state index contributed by atoms with van der Waals surface area (Å²) in [6.45, 7) is 7.21. The van der Waals surface area contributed by atoms with Crippen LogP contribution in [0.2, 0.25) is 0 Å². The first-order chi connectivity index (χ1) is 9.04. The molecule has 1 amide bonds. The lowest BCUT2D eigenvalue weighted by Gasteiger charge is -2.42. The molecule has 1 aliphatic carbocycles. The average Bonchev–Trinajstić information content (AvgIpc) is 2.38. The summed E-state index contributed by atoms with van der Waals surface area (Å²) in [6, 6.07) is 0. The zero-order chi connectivity index (χ0) is 13.9. The highest BCUT2D eigenvalue weighted by Gasteiger charge is 2.39. The maximum absolute atomic E-state index is 12.8. The van der Waals surface area contributed by atoms with Gasteiger partial charge >= 0.3 is 0 Å². The molecular formula is C16H30N2O. The summed E-state index contributed by atoms with van der Waals surface area (Å²) in [7, 11) is 0. The number of hydrogen-bond donors (Lipinski definition) is 1. The van der Waals surface area contributed by atoms with Gasteiger partial charge in [-0.3, -0.25) is 4.79 Å². The summed E-state index contributed by atoms with van der Waals surface area (Å²) >= 11 is 0. The molecule has 0 aromatic heterocycles. The van der Waals surface area contributed by atoms with E-state index in [2.05, 4.69) is 18.7 Å². The topological polar surface area (TPSA) is 46.3 Å². The maximum Gasteiger partial charge on any atom is 0.226 e. The number of hydrogen-bond acceptors (Lipinski definition) is 2. The van der Waals surface area contributed by atoms with Crippen molar-refractivity contribution >= 4 is 5.91 Å². The first-order valence-corrected chi connectivity index (χ1v) is 8.03. The molecule has 0 radical (unpaired) electrons. The lowest BCUT2D eigenvalue weighted by atomic mass is 9.68. The number of piperidine rings is 1. The van der Waals surface area contributed by atoms with Gasteiger partial charge in [-0.1, -0.05) is 26.7 Å². The minimum atomic E-state index is 0.191. The van der Waals surface area contributed by atoms with Crippen LogP contribution >= 0.6 is 0 Å². The molecule has 0 bridgehead atoms. The Bertz CT molecular complexity index is 312. The second kappa shape index (κ2) is 6.25. The van der Waals surface area contributed by atoms with Crippen molar-refractivity contribution in [3.63, 3.8) is 0 Å².